The summed E-state index contributed by atoms with van der Waals surface area (Å²) in [5.41, 5.74) is 3.02. The number of aryl methyl sites for hydroxylation is 1. The number of nitrogens with one attached hydrogen (secondary N) is 1. The molecule has 1 fully saturated rings. The molecule has 0 spiro atoms. The van der Waals surface area contributed by atoms with Gasteiger partial charge in [-0.3, -0.25) is 14.5 Å². The molecule has 5 nitrogen and oxygen atoms in total. The minimum Gasteiger partial charge on any atom is -0.336 e. The highest BCUT2D eigenvalue weighted by atomic mass is 35.5. The van der Waals surface area contributed by atoms with E-state index in [0.29, 0.717) is 35.3 Å². The summed E-state index contributed by atoms with van der Waals surface area (Å²) in [4.78, 5) is 29.8. The van der Waals surface area contributed by atoms with Crippen LogP contribution < -0.4 is 5.32 Å². The van der Waals surface area contributed by atoms with Crippen molar-refractivity contribution >= 4 is 46.4 Å². The van der Waals surface area contributed by atoms with E-state index in [-0.39, 0.29) is 18.2 Å². The van der Waals surface area contributed by atoms with E-state index in [1.54, 1.807) is 29.2 Å². The monoisotopic (exact) mass is 505 g/mol. The average Bonchev–Trinajstić information content (AvgIpc) is 3.09. The first-order chi connectivity index (χ1) is 17.0. The Balaban J connectivity index is 1.44. The molecule has 2 amide bonds. The van der Waals surface area contributed by atoms with Gasteiger partial charge in [-0.05, 0) is 66.9 Å². The summed E-state index contributed by atoms with van der Waals surface area (Å²) >= 11 is 11.7. The highest BCUT2D eigenvalue weighted by molar-refractivity contribution is 7.80. The number of rotatable bonds is 10. The summed E-state index contributed by atoms with van der Waals surface area (Å²) in [6.45, 7) is 1.10. The lowest BCUT2D eigenvalue weighted by Crippen LogP contribution is -2.38. The van der Waals surface area contributed by atoms with Gasteiger partial charge in [-0.2, -0.15) is 0 Å². The summed E-state index contributed by atoms with van der Waals surface area (Å²) in [5.74, 6) is -0.344. The van der Waals surface area contributed by atoms with Crippen LogP contribution in [0.3, 0.4) is 0 Å². The molecule has 4 rings (SSSR count). The third-order valence-electron chi connectivity index (χ3n) is 6.08. The van der Waals surface area contributed by atoms with E-state index in [1.807, 2.05) is 53.4 Å². The van der Waals surface area contributed by atoms with Crippen LogP contribution in [0.2, 0.25) is 5.02 Å². The van der Waals surface area contributed by atoms with Crippen LogP contribution in [0.25, 0.3) is 0 Å². The fraction of sp³-hybridized carbons (Fsp3) is 0.250. The first kappa shape index (κ1) is 24.9. The lowest BCUT2D eigenvalue weighted by Gasteiger charge is -2.24. The van der Waals surface area contributed by atoms with Crippen molar-refractivity contribution in [2.24, 2.45) is 0 Å². The van der Waals surface area contributed by atoms with Crippen molar-refractivity contribution in [3.05, 3.63) is 101 Å². The van der Waals surface area contributed by atoms with Crippen molar-refractivity contribution in [3.63, 3.8) is 0 Å². The molecule has 1 unspecified atom stereocenters. The van der Waals surface area contributed by atoms with Crippen LogP contribution in [0.1, 0.15) is 24.0 Å². The van der Waals surface area contributed by atoms with Crippen LogP contribution in [-0.2, 0) is 22.4 Å². The Kier molecular flexibility index (Phi) is 8.50. The zero-order valence-electron chi connectivity index (χ0n) is 19.4. The molecular weight excluding hydrogens is 478 g/mol. The zero-order chi connectivity index (χ0) is 24.6. The maximum absolute atomic E-state index is 13.4. The quantitative estimate of drug-likeness (QED) is 0.378. The van der Waals surface area contributed by atoms with E-state index in [1.165, 1.54) is 5.56 Å². The Morgan fingerprint density at radius 3 is 2.09 bits per heavy atom. The third kappa shape index (κ3) is 6.68. The number of carbonyl (C=O) groups excluding carboxylic acids is 2. The predicted molar refractivity (Wildman–Crippen MR) is 144 cm³/mol. The topological polar surface area (TPSA) is 52.7 Å². The standard InChI is InChI=1S/C28H28ClN3O2S/c29-23-13-15-24(16-14-23)30-26(33)20-25-27(34)32(19-17-22-10-5-2-6-11-22)28(35)31(25)18-7-12-21-8-3-1-4-9-21/h1-6,8-11,13-16,25H,7,12,17-20H2,(H,30,33). The van der Waals surface area contributed by atoms with Crippen LogP contribution in [0, 0.1) is 0 Å². The Bertz CT molecular complexity index is 1160. The fourth-order valence-corrected chi connectivity index (χ4v) is 4.78. The minimum atomic E-state index is -0.610. The first-order valence-corrected chi connectivity index (χ1v) is 12.5. The number of carbonyl (C=O) groups is 2. The summed E-state index contributed by atoms with van der Waals surface area (Å²) in [7, 11) is 0. The molecule has 1 saturated heterocycles. The molecule has 1 aliphatic heterocycles. The van der Waals surface area contributed by atoms with E-state index in [2.05, 4.69) is 17.4 Å². The van der Waals surface area contributed by atoms with Gasteiger partial charge in [-0.25, -0.2) is 0 Å². The number of anilines is 1. The van der Waals surface area contributed by atoms with Gasteiger partial charge in [0.2, 0.25) is 5.91 Å². The van der Waals surface area contributed by atoms with Crippen molar-refractivity contribution in [1.29, 1.82) is 0 Å². The van der Waals surface area contributed by atoms with Crippen LogP contribution in [0.5, 0.6) is 0 Å². The zero-order valence-corrected chi connectivity index (χ0v) is 21.0. The SMILES string of the molecule is O=C(CC1C(=O)N(CCc2ccccc2)C(=S)N1CCCc1ccccc1)Nc1ccc(Cl)cc1. The molecule has 1 N–H and O–H groups in total. The van der Waals surface area contributed by atoms with Gasteiger partial charge in [-0.1, -0.05) is 72.3 Å². The molecule has 0 bridgehead atoms. The van der Waals surface area contributed by atoms with Gasteiger partial charge in [0.25, 0.3) is 5.91 Å². The molecule has 35 heavy (non-hydrogen) atoms. The third-order valence-corrected chi connectivity index (χ3v) is 6.79. The van der Waals surface area contributed by atoms with Gasteiger partial charge >= 0.3 is 0 Å². The second-order valence-electron chi connectivity index (χ2n) is 8.57. The number of thiocarbonyl (C=S) groups is 1. The highest BCUT2D eigenvalue weighted by Gasteiger charge is 2.42. The van der Waals surface area contributed by atoms with Gasteiger partial charge in [0.1, 0.15) is 6.04 Å². The Morgan fingerprint density at radius 1 is 0.857 bits per heavy atom. The Morgan fingerprint density at radius 2 is 1.46 bits per heavy atom. The van der Waals surface area contributed by atoms with Crippen molar-refractivity contribution in [1.82, 2.24) is 9.80 Å². The van der Waals surface area contributed by atoms with Crippen molar-refractivity contribution in [3.8, 4) is 0 Å². The van der Waals surface area contributed by atoms with E-state index in [9.17, 15) is 9.59 Å². The summed E-state index contributed by atoms with van der Waals surface area (Å²) < 4.78 is 0. The van der Waals surface area contributed by atoms with Crippen LogP contribution in [0.15, 0.2) is 84.9 Å². The molecule has 7 heteroatoms. The first-order valence-electron chi connectivity index (χ1n) is 11.8. The second kappa shape index (κ2) is 12.0. The number of hydrogen-bond donors (Lipinski definition) is 1. The molecule has 1 heterocycles. The van der Waals surface area contributed by atoms with Crippen molar-refractivity contribution in [2.45, 2.75) is 31.7 Å². The largest absolute Gasteiger partial charge is 0.336 e. The molecule has 1 atom stereocenters. The molecular formula is C28H28ClN3O2S. The molecule has 0 radical (unpaired) electrons. The minimum absolute atomic E-state index is 0.0365. The lowest BCUT2D eigenvalue weighted by atomic mass is 10.1. The van der Waals surface area contributed by atoms with Gasteiger partial charge in [0, 0.05) is 23.8 Å². The maximum atomic E-state index is 13.4. The summed E-state index contributed by atoms with van der Waals surface area (Å²) in [6.07, 6.45) is 2.45. The molecule has 0 aliphatic carbocycles. The van der Waals surface area contributed by atoms with Crippen molar-refractivity contribution < 1.29 is 9.59 Å². The lowest BCUT2D eigenvalue weighted by molar-refractivity contribution is -0.130. The summed E-state index contributed by atoms with van der Waals surface area (Å²) in [5, 5.41) is 3.97. The van der Waals surface area contributed by atoms with E-state index >= 15 is 0 Å². The van der Waals surface area contributed by atoms with Crippen LogP contribution in [0.4, 0.5) is 5.69 Å². The molecule has 3 aromatic rings. The Labute approximate surface area is 216 Å². The molecule has 0 saturated carbocycles. The second-order valence-corrected chi connectivity index (χ2v) is 9.37. The highest BCUT2D eigenvalue weighted by Crippen LogP contribution is 2.23. The van der Waals surface area contributed by atoms with Crippen molar-refractivity contribution in [2.75, 3.05) is 18.4 Å². The Hall–Kier alpha value is -3.22. The van der Waals surface area contributed by atoms with E-state index in [0.717, 1.165) is 18.4 Å². The van der Waals surface area contributed by atoms with E-state index in [4.69, 9.17) is 23.8 Å². The van der Waals surface area contributed by atoms with Gasteiger partial charge in [0.05, 0.1) is 6.42 Å². The number of nitrogens with zero attached hydrogens (tertiary/aromatic N) is 2. The van der Waals surface area contributed by atoms with Crippen LogP contribution in [-0.4, -0.2) is 45.9 Å². The molecule has 180 valence electrons. The average molecular weight is 506 g/mol. The fourth-order valence-electron chi connectivity index (χ4n) is 4.26. The summed E-state index contributed by atoms with van der Waals surface area (Å²) in [6, 6.07) is 26.6. The van der Waals surface area contributed by atoms with Crippen LogP contribution >= 0.6 is 23.8 Å². The van der Waals surface area contributed by atoms with Gasteiger partial charge in [-0.15, -0.1) is 0 Å². The predicted octanol–water partition coefficient (Wildman–Crippen LogP) is 5.34. The van der Waals surface area contributed by atoms with Gasteiger partial charge < -0.3 is 10.2 Å². The molecule has 1 aliphatic rings. The number of amides is 2. The number of benzene rings is 3. The normalized spacial score (nSPS) is 15.5. The van der Waals surface area contributed by atoms with E-state index < -0.39 is 6.04 Å². The smallest absolute Gasteiger partial charge is 0.252 e. The molecule has 0 aromatic heterocycles. The van der Waals surface area contributed by atoms with Gasteiger partial charge in [0.15, 0.2) is 5.11 Å². The number of halogens is 1. The molecule has 3 aromatic carbocycles. The number of hydrogen-bond acceptors (Lipinski definition) is 3. The maximum Gasteiger partial charge on any atom is 0.252 e.